The van der Waals surface area contributed by atoms with Crippen LogP contribution in [-0.4, -0.2) is 9.38 Å². The zero-order valence-corrected chi connectivity index (χ0v) is 25.6. The second-order valence-corrected chi connectivity index (χ2v) is 12.5. The highest BCUT2D eigenvalue weighted by Crippen LogP contribution is 2.36. The van der Waals surface area contributed by atoms with E-state index in [1.807, 2.05) is 0 Å². The topological polar surface area (TPSA) is 17.3 Å². The van der Waals surface area contributed by atoms with Gasteiger partial charge in [-0.25, -0.2) is 4.98 Å². The van der Waals surface area contributed by atoms with Gasteiger partial charge in [0.2, 0.25) is 0 Å². The summed E-state index contributed by atoms with van der Waals surface area (Å²) in [5.41, 5.74) is 10.3. The van der Waals surface area contributed by atoms with Crippen LogP contribution in [0.3, 0.4) is 0 Å². The van der Waals surface area contributed by atoms with E-state index in [0.717, 1.165) is 22.1 Å². The number of hydrogen-bond donors (Lipinski definition) is 0. The van der Waals surface area contributed by atoms with E-state index in [0.29, 0.717) is 0 Å². The number of nitrogens with zero attached hydrogens (tertiary/aromatic N) is 2. The molecule has 0 amide bonds. The molecule has 0 atom stereocenters. The molecule has 0 bridgehead atoms. The van der Waals surface area contributed by atoms with Crippen molar-refractivity contribution < 1.29 is 0 Å². The van der Waals surface area contributed by atoms with Gasteiger partial charge in [0.1, 0.15) is 5.65 Å². The first-order valence-corrected chi connectivity index (χ1v) is 16.1. The highest BCUT2D eigenvalue weighted by molar-refractivity contribution is 6.07. The minimum Gasteiger partial charge on any atom is -0.298 e. The van der Waals surface area contributed by atoms with Gasteiger partial charge in [-0.05, 0) is 102 Å². The first kappa shape index (κ1) is 26.0. The number of pyridine rings is 1. The molecule has 2 nitrogen and oxygen atoms in total. The Morgan fingerprint density at radius 3 is 1.45 bits per heavy atom. The van der Waals surface area contributed by atoms with Crippen molar-refractivity contribution in [2.24, 2.45) is 0 Å². The normalized spacial score (nSPS) is 11.8. The Kier molecular flexibility index (Phi) is 5.61. The second kappa shape index (κ2) is 10.1. The van der Waals surface area contributed by atoms with Crippen LogP contribution in [-0.2, 0) is 0 Å². The van der Waals surface area contributed by atoms with E-state index in [1.54, 1.807) is 0 Å². The van der Waals surface area contributed by atoms with Crippen molar-refractivity contribution >= 4 is 59.8 Å². The van der Waals surface area contributed by atoms with Crippen LogP contribution >= 0.6 is 0 Å². The predicted molar refractivity (Wildman–Crippen MR) is 199 cm³/mol. The number of hydrogen-bond acceptors (Lipinski definition) is 1. The van der Waals surface area contributed by atoms with Gasteiger partial charge in [-0.1, -0.05) is 127 Å². The summed E-state index contributed by atoms with van der Waals surface area (Å²) < 4.78 is 2.28. The quantitative estimate of drug-likeness (QED) is 0.198. The summed E-state index contributed by atoms with van der Waals surface area (Å²) in [6.07, 6.45) is 2.28. The molecule has 0 aliphatic heterocycles. The lowest BCUT2D eigenvalue weighted by Crippen LogP contribution is -1.91. The van der Waals surface area contributed by atoms with Crippen molar-refractivity contribution in [3.05, 3.63) is 170 Å². The molecule has 10 rings (SSSR count). The Balaban J connectivity index is 1.12. The van der Waals surface area contributed by atoms with E-state index in [4.69, 9.17) is 4.98 Å². The van der Waals surface area contributed by atoms with Crippen LogP contribution in [0, 0.1) is 0 Å². The van der Waals surface area contributed by atoms with Gasteiger partial charge < -0.3 is 0 Å². The van der Waals surface area contributed by atoms with Crippen molar-refractivity contribution in [3.63, 3.8) is 0 Å². The Morgan fingerprint density at radius 2 is 0.809 bits per heavy atom. The maximum atomic E-state index is 5.13. The summed E-state index contributed by atoms with van der Waals surface area (Å²) in [4.78, 5) is 5.13. The molecule has 0 spiro atoms. The minimum absolute atomic E-state index is 0.982. The molecule has 2 aromatic heterocycles. The fourth-order valence-electron chi connectivity index (χ4n) is 7.27. The molecule has 8 aromatic carbocycles. The minimum atomic E-state index is 0.982. The second-order valence-electron chi connectivity index (χ2n) is 12.5. The molecular formula is C45H28N2. The van der Waals surface area contributed by atoms with Crippen LogP contribution in [0.5, 0.6) is 0 Å². The Labute approximate surface area is 271 Å². The van der Waals surface area contributed by atoms with Crippen LogP contribution in [0.1, 0.15) is 0 Å². The molecule has 0 aliphatic carbocycles. The highest BCUT2D eigenvalue weighted by atomic mass is 15.0. The molecular weight excluding hydrogens is 569 g/mol. The number of fused-ring (bicyclic) bond motifs is 8. The molecule has 2 heterocycles. The van der Waals surface area contributed by atoms with Crippen LogP contribution < -0.4 is 0 Å². The van der Waals surface area contributed by atoms with Gasteiger partial charge in [0.05, 0.1) is 11.0 Å². The molecule has 218 valence electrons. The third kappa shape index (κ3) is 4.23. The van der Waals surface area contributed by atoms with Crippen LogP contribution in [0.25, 0.3) is 93.2 Å². The van der Waals surface area contributed by atoms with Crippen molar-refractivity contribution in [3.8, 4) is 33.4 Å². The summed E-state index contributed by atoms with van der Waals surface area (Å²) >= 11 is 0. The summed E-state index contributed by atoms with van der Waals surface area (Å²) in [6.45, 7) is 0. The first-order chi connectivity index (χ1) is 23.2. The predicted octanol–water partition coefficient (Wildman–Crippen LogP) is 12.1. The van der Waals surface area contributed by atoms with Gasteiger partial charge >= 0.3 is 0 Å². The van der Waals surface area contributed by atoms with Crippen LogP contribution in [0.2, 0.25) is 0 Å². The van der Waals surface area contributed by atoms with Crippen molar-refractivity contribution in [2.45, 2.75) is 0 Å². The van der Waals surface area contributed by atoms with E-state index in [1.165, 1.54) is 71.1 Å². The maximum absolute atomic E-state index is 5.13. The molecule has 0 fully saturated rings. The van der Waals surface area contributed by atoms with E-state index in [9.17, 15) is 0 Å². The number of rotatable bonds is 3. The fourth-order valence-corrected chi connectivity index (χ4v) is 7.27. The summed E-state index contributed by atoms with van der Waals surface area (Å²) in [5, 5.41) is 9.85. The first-order valence-electron chi connectivity index (χ1n) is 16.1. The third-order valence-corrected chi connectivity index (χ3v) is 9.72. The number of imidazole rings is 1. The van der Waals surface area contributed by atoms with Crippen LogP contribution in [0.15, 0.2) is 170 Å². The highest BCUT2D eigenvalue weighted by Gasteiger charge is 2.15. The van der Waals surface area contributed by atoms with E-state index >= 15 is 0 Å². The van der Waals surface area contributed by atoms with Crippen molar-refractivity contribution in [1.82, 2.24) is 9.38 Å². The van der Waals surface area contributed by atoms with Gasteiger partial charge in [-0.2, -0.15) is 0 Å². The van der Waals surface area contributed by atoms with Gasteiger partial charge in [0.15, 0.2) is 0 Å². The lowest BCUT2D eigenvalue weighted by Gasteiger charge is -2.12. The van der Waals surface area contributed by atoms with Gasteiger partial charge in [-0.15, -0.1) is 0 Å². The molecule has 2 heteroatoms. The van der Waals surface area contributed by atoms with Gasteiger partial charge in [0.25, 0.3) is 0 Å². The monoisotopic (exact) mass is 596 g/mol. The van der Waals surface area contributed by atoms with E-state index in [2.05, 4.69) is 174 Å². The fraction of sp³-hybridized carbons (Fsp3) is 0. The summed E-state index contributed by atoms with van der Waals surface area (Å²) in [7, 11) is 0. The molecule has 0 N–H and O–H groups in total. The lowest BCUT2D eigenvalue weighted by molar-refractivity contribution is 1.25. The van der Waals surface area contributed by atoms with Crippen molar-refractivity contribution in [1.29, 1.82) is 0 Å². The molecule has 10 aromatic rings. The lowest BCUT2D eigenvalue weighted by atomic mass is 9.95. The molecule has 0 saturated heterocycles. The number of aromatic nitrogens is 2. The Hall–Kier alpha value is -6.25. The Bertz CT molecular complexity index is 2860. The molecule has 0 unspecified atom stereocenters. The average Bonchev–Trinajstić information content (AvgIpc) is 3.52. The van der Waals surface area contributed by atoms with E-state index < -0.39 is 0 Å². The van der Waals surface area contributed by atoms with Gasteiger partial charge in [0, 0.05) is 17.1 Å². The summed E-state index contributed by atoms with van der Waals surface area (Å²) in [6, 6.07) is 59.4. The SMILES string of the molecule is c1ccc2cc(-c3ccc4cc(-c5cn6c7cc(-c8ccc9ccccc9c8)ccc7nc6c6ccccc56)ccc4c3)ccc2c1. The molecule has 0 radical (unpaired) electrons. The average molecular weight is 597 g/mol. The zero-order valence-electron chi connectivity index (χ0n) is 25.6. The molecule has 47 heavy (non-hydrogen) atoms. The summed E-state index contributed by atoms with van der Waals surface area (Å²) in [5.74, 6) is 0. The zero-order chi connectivity index (χ0) is 30.9. The Morgan fingerprint density at radius 1 is 0.362 bits per heavy atom. The standard InChI is InChI=1S/C45H28N2/c1-3-9-31-23-33(15-13-29(31)7-1)34-17-18-37-26-39(20-19-35(37)25-34)42-28-47-44-27-38(36-16-14-30-8-2-4-10-32(30)24-36)21-22-43(44)46-45(47)41-12-6-5-11-40(41)42/h1-28H. The van der Waals surface area contributed by atoms with Gasteiger partial charge in [-0.3, -0.25) is 4.40 Å². The van der Waals surface area contributed by atoms with E-state index in [-0.39, 0.29) is 0 Å². The van der Waals surface area contributed by atoms with Crippen LogP contribution in [0.4, 0.5) is 0 Å². The molecule has 0 aliphatic rings. The maximum Gasteiger partial charge on any atom is 0.145 e. The largest absolute Gasteiger partial charge is 0.298 e. The third-order valence-electron chi connectivity index (χ3n) is 9.72. The number of benzene rings is 8. The smallest absolute Gasteiger partial charge is 0.145 e. The molecule has 0 saturated carbocycles. The van der Waals surface area contributed by atoms with Crippen molar-refractivity contribution in [2.75, 3.05) is 0 Å².